The van der Waals surface area contributed by atoms with Crippen molar-refractivity contribution >= 4 is 40.9 Å². The van der Waals surface area contributed by atoms with Crippen molar-refractivity contribution in [3.63, 3.8) is 0 Å². The summed E-state index contributed by atoms with van der Waals surface area (Å²) in [5, 5.41) is 2.59. The summed E-state index contributed by atoms with van der Waals surface area (Å²) in [6.07, 6.45) is 2.43. The van der Waals surface area contributed by atoms with Gasteiger partial charge < -0.3 is 35.6 Å². The first-order chi connectivity index (χ1) is 19.9. The fourth-order valence-electron chi connectivity index (χ4n) is 5.70. The second-order valence-corrected chi connectivity index (χ2v) is 10.8. The van der Waals surface area contributed by atoms with Crippen molar-refractivity contribution in [3.8, 4) is 0 Å². The fourth-order valence-corrected chi connectivity index (χ4v) is 5.70. The molecule has 0 radical (unpaired) electrons. The van der Waals surface area contributed by atoms with Crippen molar-refractivity contribution < 1.29 is 9.59 Å². The number of likely N-dealkylation sites (N-methyl/N-ethyl adjacent to an activating group) is 1. The lowest BCUT2D eigenvalue weighted by atomic mass is 9.98. The highest BCUT2D eigenvalue weighted by atomic mass is 16.2. The maximum atomic E-state index is 13.2. The van der Waals surface area contributed by atoms with Gasteiger partial charge in [-0.05, 0) is 48.9 Å². The molecule has 2 fully saturated rings. The average molecular weight is 557 g/mol. The Labute approximate surface area is 239 Å². The first-order valence-corrected chi connectivity index (χ1v) is 14.1. The number of rotatable bonds is 5. The van der Waals surface area contributed by atoms with E-state index in [2.05, 4.69) is 60.2 Å². The van der Waals surface area contributed by atoms with Crippen LogP contribution >= 0.6 is 0 Å². The number of nitrogens with zero attached hydrogens (tertiary/aromatic N) is 8. The van der Waals surface area contributed by atoms with Gasteiger partial charge in [0.15, 0.2) is 0 Å². The number of benzene rings is 1. The molecular weight excluding hydrogens is 520 g/mol. The van der Waals surface area contributed by atoms with Gasteiger partial charge in [0.05, 0.1) is 12.1 Å². The van der Waals surface area contributed by atoms with Gasteiger partial charge in [-0.1, -0.05) is 6.07 Å². The summed E-state index contributed by atoms with van der Waals surface area (Å²) in [4.78, 5) is 49.2. The van der Waals surface area contributed by atoms with E-state index < -0.39 is 0 Å². The van der Waals surface area contributed by atoms with E-state index in [9.17, 15) is 9.59 Å². The van der Waals surface area contributed by atoms with Crippen molar-refractivity contribution in [2.75, 3.05) is 91.8 Å². The molecule has 12 heteroatoms. The van der Waals surface area contributed by atoms with Gasteiger partial charge in [0.2, 0.25) is 11.9 Å². The lowest BCUT2D eigenvalue weighted by Crippen LogP contribution is -2.51. The molecule has 0 aliphatic carbocycles. The first-order valence-electron chi connectivity index (χ1n) is 14.1. The average Bonchev–Trinajstić information content (AvgIpc) is 3.00. The Hall–Kier alpha value is -4.45. The van der Waals surface area contributed by atoms with E-state index in [0.717, 1.165) is 56.5 Å². The van der Waals surface area contributed by atoms with Crippen LogP contribution < -0.4 is 30.7 Å². The number of carbonyl (C=O) groups excluding carboxylic acids is 2. The summed E-state index contributed by atoms with van der Waals surface area (Å²) >= 11 is 0. The van der Waals surface area contributed by atoms with Gasteiger partial charge in [-0.2, -0.15) is 9.97 Å². The van der Waals surface area contributed by atoms with Crippen LogP contribution in [0.4, 0.5) is 29.1 Å². The Bertz CT molecular complexity index is 1440. The summed E-state index contributed by atoms with van der Waals surface area (Å²) in [6.45, 7) is 6.78. The molecule has 2 saturated heterocycles. The van der Waals surface area contributed by atoms with E-state index in [1.807, 2.05) is 15.9 Å². The van der Waals surface area contributed by atoms with Crippen molar-refractivity contribution in [2.24, 2.45) is 0 Å². The van der Waals surface area contributed by atoms with E-state index in [4.69, 9.17) is 5.73 Å². The third-order valence-corrected chi connectivity index (χ3v) is 8.16. The number of hydrogen-bond acceptors (Lipinski definition) is 10. The van der Waals surface area contributed by atoms with Crippen LogP contribution in [0, 0.1) is 0 Å². The number of anilines is 5. The molecule has 41 heavy (non-hydrogen) atoms. The van der Waals surface area contributed by atoms with Crippen molar-refractivity contribution in [1.29, 1.82) is 0 Å². The molecule has 12 nitrogen and oxygen atoms in total. The molecule has 6 rings (SSSR count). The molecule has 3 aromatic rings. The lowest BCUT2D eigenvalue weighted by Gasteiger charge is -2.36. The summed E-state index contributed by atoms with van der Waals surface area (Å²) in [5.74, 6) is 2.52. The van der Waals surface area contributed by atoms with E-state index in [0.29, 0.717) is 31.0 Å². The van der Waals surface area contributed by atoms with E-state index >= 15 is 0 Å². The van der Waals surface area contributed by atoms with Crippen LogP contribution in [0.5, 0.6) is 0 Å². The van der Waals surface area contributed by atoms with Gasteiger partial charge in [0, 0.05) is 77.4 Å². The highest BCUT2D eigenvalue weighted by molar-refractivity contribution is 5.98. The topological polar surface area (TPSA) is 127 Å². The largest absolute Gasteiger partial charge is 0.368 e. The number of fused-ring (bicyclic) bond motifs is 1. The van der Waals surface area contributed by atoms with Crippen LogP contribution in [0.3, 0.4) is 0 Å². The highest BCUT2D eigenvalue weighted by Gasteiger charge is 2.28. The first kappa shape index (κ1) is 26.8. The second-order valence-electron chi connectivity index (χ2n) is 10.8. The van der Waals surface area contributed by atoms with Crippen LogP contribution in [0.1, 0.15) is 21.5 Å². The van der Waals surface area contributed by atoms with E-state index in [1.165, 1.54) is 11.1 Å². The number of aromatic nitrogens is 3. The van der Waals surface area contributed by atoms with Crippen LogP contribution in [0.15, 0.2) is 42.6 Å². The quantitative estimate of drug-likeness (QED) is 0.470. The normalized spacial score (nSPS) is 18.0. The zero-order chi connectivity index (χ0) is 28.5. The van der Waals surface area contributed by atoms with Gasteiger partial charge in [0.1, 0.15) is 17.5 Å². The lowest BCUT2D eigenvalue weighted by molar-refractivity contribution is -0.117. The van der Waals surface area contributed by atoms with Gasteiger partial charge >= 0.3 is 0 Å². The molecule has 3 N–H and O–H groups in total. The van der Waals surface area contributed by atoms with Crippen LogP contribution in [-0.2, 0) is 17.8 Å². The fraction of sp³-hybridized carbons (Fsp3) is 0.414. The van der Waals surface area contributed by atoms with Crippen LogP contribution in [0.25, 0.3) is 0 Å². The molecule has 0 unspecified atom stereocenters. The number of nitrogens with two attached hydrogens (primary N) is 1. The standard InChI is InChI=1S/C29H36N10O2/c1-31-28(41)21-4-6-24(32-17-21)38-13-14-39(27(40)19-38)23-5-3-20-7-8-37(18-22(20)15-23)26-16-25(33-29(30)34-26)36-11-9-35(2)10-12-36/h3-6,15-17H,7-14,18-19H2,1-2H3,(H,31,41)(H2,30,33,34). The summed E-state index contributed by atoms with van der Waals surface area (Å²) in [5.41, 5.74) is 10.0. The van der Waals surface area contributed by atoms with Gasteiger partial charge in [-0.3, -0.25) is 9.59 Å². The van der Waals surface area contributed by atoms with Crippen molar-refractivity contribution in [3.05, 3.63) is 59.3 Å². The maximum absolute atomic E-state index is 13.2. The van der Waals surface area contributed by atoms with E-state index in [1.54, 1.807) is 25.4 Å². The van der Waals surface area contributed by atoms with Crippen LogP contribution in [-0.4, -0.2) is 98.1 Å². The third-order valence-electron chi connectivity index (χ3n) is 8.16. The summed E-state index contributed by atoms with van der Waals surface area (Å²) < 4.78 is 0. The van der Waals surface area contributed by atoms with Gasteiger partial charge in [-0.25, -0.2) is 4.98 Å². The Morgan fingerprint density at radius 1 is 0.829 bits per heavy atom. The molecule has 0 spiro atoms. The zero-order valence-electron chi connectivity index (χ0n) is 23.6. The predicted molar refractivity (Wildman–Crippen MR) is 160 cm³/mol. The van der Waals surface area contributed by atoms with Gasteiger partial charge in [-0.15, -0.1) is 0 Å². The molecule has 3 aliphatic rings. The third kappa shape index (κ3) is 5.60. The molecule has 214 valence electrons. The minimum Gasteiger partial charge on any atom is -0.368 e. The summed E-state index contributed by atoms with van der Waals surface area (Å²) in [7, 11) is 3.72. The molecule has 5 heterocycles. The molecule has 0 bridgehead atoms. The van der Waals surface area contributed by atoms with Crippen LogP contribution in [0.2, 0.25) is 0 Å². The number of nitrogens with one attached hydrogen (secondary N) is 1. The molecule has 2 amide bonds. The molecule has 3 aliphatic heterocycles. The maximum Gasteiger partial charge on any atom is 0.252 e. The zero-order valence-corrected chi connectivity index (χ0v) is 23.6. The SMILES string of the molecule is CNC(=O)c1ccc(N2CCN(c3ccc4c(c3)CN(c3cc(N5CCN(C)CC5)nc(N)n3)CC4)C(=O)C2)nc1. The number of pyridine rings is 1. The molecule has 0 atom stereocenters. The van der Waals surface area contributed by atoms with Crippen molar-refractivity contribution in [1.82, 2.24) is 25.2 Å². The number of piperazine rings is 2. The Kier molecular flexibility index (Phi) is 7.31. The number of hydrogen-bond donors (Lipinski definition) is 2. The monoisotopic (exact) mass is 556 g/mol. The number of amides is 2. The molecule has 2 aromatic heterocycles. The Morgan fingerprint density at radius 3 is 2.27 bits per heavy atom. The molecular formula is C29H36N10O2. The minimum atomic E-state index is -0.186. The second kappa shape index (κ2) is 11.2. The Balaban J connectivity index is 1.15. The minimum absolute atomic E-state index is 0.0152. The predicted octanol–water partition coefficient (Wildman–Crippen LogP) is 0.981. The number of nitrogen functional groups attached to an aromatic ring is 1. The number of carbonyl (C=O) groups is 2. The highest BCUT2D eigenvalue weighted by Crippen LogP contribution is 2.30. The van der Waals surface area contributed by atoms with Gasteiger partial charge in [0.25, 0.3) is 5.91 Å². The molecule has 0 saturated carbocycles. The Morgan fingerprint density at radius 2 is 1.56 bits per heavy atom. The smallest absolute Gasteiger partial charge is 0.252 e. The summed E-state index contributed by atoms with van der Waals surface area (Å²) in [6, 6.07) is 11.9. The molecule has 1 aromatic carbocycles. The van der Waals surface area contributed by atoms with Crippen molar-refractivity contribution in [2.45, 2.75) is 13.0 Å². The van der Waals surface area contributed by atoms with E-state index in [-0.39, 0.29) is 24.3 Å².